The number of hydrogen-bond acceptors (Lipinski definition) is 4. The Labute approximate surface area is 89.8 Å². The van der Waals surface area contributed by atoms with Crippen LogP contribution in [-0.4, -0.2) is 38.5 Å². The Morgan fingerprint density at radius 1 is 1.53 bits per heavy atom. The Balaban J connectivity index is 2.30. The van der Waals surface area contributed by atoms with Crippen LogP contribution in [0.15, 0.2) is 16.5 Å². The fraction of sp³-hybridized carbons (Fsp3) is 0.545. The zero-order valence-corrected chi connectivity index (χ0v) is 9.23. The predicted octanol–water partition coefficient (Wildman–Crippen LogP) is 1.56. The maximum Gasteiger partial charge on any atom is 0.185 e. The van der Waals surface area contributed by atoms with Crippen molar-refractivity contribution < 1.29 is 13.9 Å². The third-order valence-corrected chi connectivity index (χ3v) is 2.11. The van der Waals surface area contributed by atoms with E-state index in [0.717, 1.165) is 31.9 Å². The van der Waals surface area contributed by atoms with Crippen molar-refractivity contribution in [1.29, 1.82) is 0 Å². The van der Waals surface area contributed by atoms with Crippen molar-refractivity contribution in [2.75, 3.05) is 27.3 Å². The van der Waals surface area contributed by atoms with E-state index < -0.39 is 0 Å². The van der Waals surface area contributed by atoms with Crippen LogP contribution >= 0.6 is 0 Å². The number of carbonyl (C=O) groups is 1. The maximum atomic E-state index is 10.4. The Morgan fingerprint density at radius 2 is 2.33 bits per heavy atom. The first-order valence-electron chi connectivity index (χ1n) is 4.97. The molecule has 0 aliphatic rings. The van der Waals surface area contributed by atoms with Gasteiger partial charge in [-0.2, -0.15) is 0 Å². The number of ether oxygens (including phenoxy) is 1. The third kappa shape index (κ3) is 4.27. The zero-order chi connectivity index (χ0) is 11.1. The average Bonchev–Trinajstić information content (AvgIpc) is 2.66. The summed E-state index contributed by atoms with van der Waals surface area (Å²) < 4.78 is 10.2. The quantitative estimate of drug-likeness (QED) is 0.507. The van der Waals surface area contributed by atoms with Crippen LogP contribution in [0.3, 0.4) is 0 Å². The Morgan fingerprint density at radius 3 is 2.93 bits per heavy atom. The maximum absolute atomic E-state index is 10.4. The van der Waals surface area contributed by atoms with E-state index in [-0.39, 0.29) is 0 Å². The summed E-state index contributed by atoms with van der Waals surface area (Å²) in [6.07, 6.45) is 1.71. The number of rotatable bonds is 7. The summed E-state index contributed by atoms with van der Waals surface area (Å²) in [5, 5.41) is 0. The number of carbonyl (C=O) groups excluding carboxylic acids is 1. The summed E-state index contributed by atoms with van der Waals surface area (Å²) in [5.74, 6) is 1.20. The van der Waals surface area contributed by atoms with Gasteiger partial charge in [0.15, 0.2) is 12.0 Å². The van der Waals surface area contributed by atoms with Gasteiger partial charge < -0.3 is 9.15 Å². The molecule has 0 saturated heterocycles. The van der Waals surface area contributed by atoms with Crippen LogP contribution in [0.1, 0.15) is 22.7 Å². The predicted molar refractivity (Wildman–Crippen MR) is 56.9 cm³/mol. The van der Waals surface area contributed by atoms with E-state index >= 15 is 0 Å². The van der Waals surface area contributed by atoms with Crippen LogP contribution in [0.25, 0.3) is 0 Å². The fourth-order valence-electron chi connectivity index (χ4n) is 1.37. The van der Waals surface area contributed by atoms with Crippen molar-refractivity contribution in [3.63, 3.8) is 0 Å². The standard InChI is InChI=1S/C11H17NO3/c1-12(6-3-7-14-2)8-10-4-5-11(9-13)15-10/h4-5,9H,3,6-8H2,1-2H3. The molecular weight excluding hydrogens is 194 g/mol. The molecule has 0 aromatic carbocycles. The van der Waals surface area contributed by atoms with Gasteiger partial charge in [-0.05, 0) is 25.6 Å². The van der Waals surface area contributed by atoms with E-state index in [1.54, 1.807) is 13.2 Å². The molecule has 4 nitrogen and oxygen atoms in total. The summed E-state index contributed by atoms with van der Waals surface area (Å²) in [6, 6.07) is 3.52. The molecule has 0 spiro atoms. The normalized spacial score (nSPS) is 10.9. The first-order chi connectivity index (χ1) is 7.26. The molecule has 0 saturated carbocycles. The first-order valence-corrected chi connectivity index (χ1v) is 4.97. The van der Waals surface area contributed by atoms with Gasteiger partial charge in [0.25, 0.3) is 0 Å². The molecule has 0 atom stereocenters. The molecule has 15 heavy (non-hydrogen) atoms. The number of methoxy groups -OCH3 is 1. The first kappa shape index (κ1) is 11.9. The Hall–Kier alpha value is -1.13. The molecule has 1 rings (SSSR count). The molecule has 0 amide bonds. The van der Waals surface area contributed by atoms with E-state index in [1.165, 1.54) is 0 Å². The van der Waals surface area contributed by atoms with Crippen LogP contribution in [0.4, 0.5) is 0 Å². The molecule has 0 aliphatic carbocycles. The largest absolute Gasteiger partial charge is 0.457 e. The van der Waals surface area contributed by atoms with E-state index in [9.17, 15) is 4.79 Å². The van der Waals surface area contributed by atoms with E-state index in [0.29, 0.717) is 12.0 Å². The van der Waals surface area contributed by atoms with Gasteiger partial charge in [0.05, 0.1) is 6.54 Å². The third-order valence-electron chi connectivity index (χ3n) is 2.11. The van der Waals surface area contributed by atoms with Crippen molar-refractivity contribution >= 4 is 6.29 Å². The highest BCUT2D eigenvalue weighted by molar-refractivity contribution is 5.70. The summed E-state index contributed by atoms with van der Waals surface area (Å²) in [7, 11) is 3.71. The second-order valence-corrected chi connectivity index (χ2v) is 3.51. The minimum atomic E-state index is 0.385. The summed E-state index contributed by atoms with van der Waals surface area (Å²) in [5.41, 5.74) is 0. The lowest BCUT2D eigenvalue weighted by molar-refractivity contribution is 0.109. The van der Waals surface area contributed by atoms with Crippen molar-refractivity contribution in [3.8, 4) is 0 Å². The highest BCUT2D eigenvalue weighted by Crippen LogP contribution is 2.08. The molecule has 84 valence electrons. The molecule has 0 radical (unpaired) electrons. The SMILES string of the molecule is COCCCN(C)Cc1ccc(C=O)o1. The average molecular weight is 211 g/mol. The molecule has 0 aliphatic heterocycles. The zero-order valence-electron chi connectivity index (χ0n) is 9.23. The van der Waals surface area contributed by atoms with Gasteiger partial charge in [0.1, 0.15) is 5.76 Å². The van der Waals surface area contributed by atoms with Crippen molar-refractivity contribution in [2.45, 2.75) is 13.0 Å². The number of hydrogen-bond donors (Lipinski definition) is 0. The Bertz CT molecular complexity index is 296. The molecule has 1 heterocycles. The lowest BCUT2D eigenvalue weighted by Crippen LogP contribution is -2.19. The second-order valence-electron chi connectivity index (χ2n) is 3.51. The van der Waals surface area contributed by atoms with Gasteiger partial charge in [0, 0.05) is 20.3 Å². The summed E-state index contributed by atoms with van der Waals surface area (Å²) >= 11 is 0. The molecule has 4 heteroatoms. The number of aldehydes is 1. The van der Waals surface area contributed by atoms with Gasteiger partial charge in [-0.1, -0.05) is 0 Å². The van der Waals surface area contributed by atoms with Crippen molar-refractivity contribution in [2.24, 2.45) is 0 Å². The highest BCUT2D eigenvalue weighted by Gasteiger charge is 2.04. The van der Waals surface area contributed by atoms with Crippen LogP contribution in [0.5, 0.6) is 0 Å². The lowest BCUT2D eigenvalue weighted by Gasteiger charge is -2.14. The molecule has 0 bridgehead atoms. The van der Waals surface area contributed by atoms with Crippen LogP contribution in [0.2, 0.25) is 0 Å². The van der Waals surface area contributed by atoms with E-state index in [2.05, 4.69) is 4.90 Å². The smallest absolute Gasteiger partial charge is 0.185 e. The highest BCUT2D eigenvalue weighted by atomic mass is 16.5. The van der Waals surface area contributed by atoms with E-state index in [1.807, 2.05) is 13.1 Å². The van der Waals surface area contributed by atoms with Crippen LogP contribution in [-0.2, 0) is 11.3 Å². The fourth-order valence-corrected chi connectivity index (χ4v) is 1.37. The topological polar surface area (TPSA) is 42.7 Å². The van der Waals surface area contributed by atoms with Gasteiger partial charge in [-0.3, -0.25) is 9.69 Å². The molecule has 0 unspecified atom stereocenters. The minimum absolute atomic E-state index is 0.385. The number of furan rings is 1. The van der Waals surface area contributed by atoms with Gasteiger partial charge in [-0.25, -0.2) is 0 Å². The second kappa shape index (κ2) is 6.37. The summed E-state index contributed by atoms with van der Waals surface area (Å²) in [6.45, 7) is 2.44. The van der Waals surface area contributed by atoms with Gasteiger partial charge in [-0.15, -0.1) is 0 Å². The molecule has 0 fully saturated rings. The molecular formula is C11H17NO3. The molecule has 0 N–H and O–H groups in total. The summed E-state index contributed by atoms with van der Waals surface area (Å²) in [4.78, 5) is 12.5. The van der Waals surface area contributed by atoms with E-state index in [4.69, 9.17) is 9.15 Å². The van der Waals surface area contributed by atoms with Gasteiger partial charge >= 0.3 is 0 Å². The number of nitrogens with zero attached hydrogens (tertiary/aromatic N) is 1. The van der Waals surface area contributed by atoms with Gasteiger partial charge in [0.2, 0.25) is 0 Å². The van der Waals surface area contributed by atoms with Crippen molar-refractivity contribution in [1.82, 2.24) is 4.90 Å². The van der Waals surface area contributed by atoms with Crippen LogP contribution in [0, 0.1) is 0 Å². The van der Waals surface area contributed by atoms with Crippen molar-refractivity contribution in [3.05, 3.63) is 23.7 Å². The molecule has 1 aromatic rings. The monoisotopic (exact) mass is 211 g/mol. The lowest BCUT2D eigenvalue weighted by atomic mass is 10.3. The minimum Gasteiger partial charge on any atom is -0.457 e. The molecule has 1 aromatic heterocycles. The Kier molecular flexibility index (Phi) is 5.07. The van der Waals surface area contributed by atoms with Crippen LogP contribution < -0.4 is 0 Å².